The highest BCUT2D eigenvalue weighted by Crippen LogP contribution is 2.14. The van der Waals surface area contributed by atoms with Gasteiger partial charge in [-0.2, -0.15) is 0 Å². The smallest absolute Gasteiger partial charge is 0.321 e. The van der Waals surface area contributed by atoms with Gasteiger partial charge in [0, 0.05) is 19.1 Å². The fourth-order valence-corrected chi connectivity index (χ4v) is 2.00. The molecule has 18 heavy (non-hydrogen) atoms. The molecule has 1 fully saturated rings. The van der Waals surface area contributed by atoms with E-state index in [4.69, 9.17) is 5.73 Å². The zero-order chi connectivity index (χ0) is 12.7. The molecular formula is C11H23ClN4O2. The predicted molar refractivity (Wildman–Crippen MR) is 72.7 cm³/mol. The first-order chi connectivity index (χ1) is 8.17. The van der Waals surface area contributed by atoms with Crippen LogP contribution in [0.2, 0.25) is 0 Å². The van der Waals surface area contributed by atoms with Crippen LogP contribution in [-0.2, 0) is 4.79 Å². The van der Waals surface area contributed by atoms with Crippen molar-refractivity contribution in [2.45, 2.75) is 32.2 Å². The van der Waals surface area contributed by atoms with Crippen LogP contribution in [0.15, 0.2) is 0 Å². The minimum Gasteiger partial charge on any atom is -0.338 e. The summed E-state index contributed by atoms with van der Waals surface area (Å²) in [6.07, 6.45) is 2.95. The number of hydrogen-bond donors (Lipinski definition) is 3. The van der Waals surface area contributed by atoms with Gasteiger partial charge in [-0.1, -0.05) is 6.92 Å². The Morgan fingerprint density at radius 3 is 2.78 bits per heavy atom. The fourth-order valence-electron chi connectivity index (χ4n) is 2.00. The molecular weight excluding hydrogens is 256 g/mol. The molecule has 1 atom stereocenters. The van der Waals surface area contributed by atoms with E-state index in [-0.39, 0.29) is 30.9 Å². The SMILES string of the molecule is CCCNC(=O)NC(=O)CN1CCCC1CN.Cl. The van der Waals surface area contributed by atoms with E-state index in [9.17, 15) is 9.59 Å². The first-order valence-electron chi connectivity index (χ1n) is 6.19. The molecule has 4 N–H and O–H groups in total. The Kier molecular flexibility index (Phi) is 8.70. The highest BCUT2D eigenvalue weighted by molar-refractivity contribution is 5.95. The van der Waals surface area contributed by atoms with Gasteiger partial charge in [0.25, 0.3) is 0 Å². The minimum absolute atomic E-state index is 0. The van der Waals surface area contributed by atoms with Crippen molar-refractivity contribution in [2.24, 2.45) is 5.73 Å². The number of imide groups is 1. The molecule has 6 nitrogen and oxygen atoms in total. The number of rotatable bonds is 5. The molecule has 1 aliphatic rings. The maximum atomic E-state index is 11.6. The van der Waals surface area contributed by atoms with Gasteiger partial charge in [0.15, 0.2) is 0 Å². The number of halogens is 1. The summed E-state index contributed by atoms with van der Waals surface area (Å²) in [6, 6.07) is -0.139. The second kappa shape index (κ2) is 9.13. The van der Waals surface area contributed by atoms with E-state index in [1.54, 1.807) is 0 Å². The lowest BCUT2D eigenvalue weighted by Gasteiger charge is -2.21. The van der Waals surface area contributed by atoms with Gasteiger partial charge >= 0.3 is 6.03 Å². The minimum atomic E-state index is -0.416. The summed E-state index contributed by atoms with van der Waals surface area (Å²) < 4.78 is 0. The lowest BCUT2D eigenvalue weighted by molar-refractivity contribution is -0.121. The summed E-state index contributed by atoms with van der Waals surface area (Å²) in [6.45, 7) is 4.23. The third-order valence-corrected chi connectivity index (χ3v) is 2.91. The average Bonchev–Trinajstić information content (AvgIpc) is 2.73. The average molecular weight is 279 g/mol. The van der Waals surface area contributed by atoms with Crippen molar-refractivity contribution in [1.82, 2.24) is 15.5 Å². The van der Waals surface area contributed by atoms with E-state index in [0.717, 1.165) is 25.8 Å². The highest BCUT2D eigenvalue weighted by Gasteiger charge is 2.25. The quantitative estimate of drug-likeness (QED) is 0.664. The number of hydrogen-bond acceptors (Lipinski definition) is 4. The van der Waals surface area contributed by atoms with Crippen LogP contribution in [0.5, 0.6) is 0 Å². The maximum absolute atomic E-state index is 11.6. The number of nitrogens with one attached hydrogen (secondary N) is 2. The summed E-state index contributed by atoms with van der Waals surface area (Å²) in [5.41, 5.74) is 5.61. The normalized spacial score (nSPS) is 19.1. The second-order valence-electron chi connectivity index (χ2n) is 4.31. The molecule has 1 heterocycles. The van der Waals surface area contributed by atoms with Crippen LogP contribution in [0.3, 0.4) is 0 Å². The first kappa shape index (κ1) is 17.2. The zero-order valence-electron chi connectivity index (χ0n) is 10.8. The first-order valence-corrected chi connectivity index (χ1v) is 6.19. The molecule has 0 radical (unpaired) electrons. The van der Waals surface area contributed by atoms with Gasteiger partial charge in [-0.05, 0) is 25.8 Å². The summed E-state index contributed by atoms with van der Waals surface area (Å²) in [4.78, 5) is 24.9. The molecule has 7 heteroatoms. The molecule has 1 saturated heterocycles. The van der Waals surface area contributed by atoms with Gasteiger partial charge in [0.05, 0.1) is 6.54 Å². The predicted octanol–water partition coefficient (Wildman–Crippen LogP) is 0.0671. The molecule has 0 aromatic rings. The zero-order valence-corrected chi connectivity index (χ0v) is 11.6. The molecule has 106 valence electrons. The van der Waals surface area contributed by atoms with E-state index in [2.05, 4.69) is 10.6 Å². The van der Waals surface area contributed by atoms with Crippen LogP contribution < -0.4 is 16.4 Å². The Bertz CT molecular complexity index is 276. The Labute approximate surface area is 114 Å². The Morgan fingerprint density at radius 1 is 1.44 bits per heavy atom. The molecule has 0 aromatic heterocycles. The number of carbonyl (C=O) groups is 2. The van der Waals surface area contributed by atoms with Gasteiger partial charge in [-0.3, -0.25) is 15.0 Å². The lowest BCUT2D eigenvalue weighted by Crippen LogP contribution is -2.46. The topological polar surface area (TPSA) is 87.5 Å². The number of carbonyl (C=O) groups excluding carboxylic acids is 2. The van der Waals surface area contributed by atoms with E-state index in [0.29, 0.717) is 13.1 Å². The molecule has 0 bridgehead atoms. The van der Waals surface area contributed by atoms with E-state index in [1.165, 1.54) is 0 Å². The van der Waals surface area contributed by atoms with Crippen LogP contribution in [0.1, 0.15) is 26.2 Å². The van der Waals surface area contributed by atoms with E-state index < -0.39 is 6.03 Å². The monoisotopic (exact) mass is 278 g/mol. The summed E-state index contributed by atoms with van der Waals surface area (Å²) >= 11 is 0. The number of urea groups is 1. The number of likely N-dealkylation sites (tertiary alicyclic amines) is 1. The Morgan fingerprint density at radius 2 is 2.17 bits per heavy atom. The van der Waals surface area contributed by atoms with Crippen molar-refractivity contribution < 1.29 is 9.59 Å². The fraction of sp³-hybridized carbons (Fsp3) is 0.818. The van der Waals surface area contributed by atoms with E-state index >= 15 is 0 Å². The molecule has 0 saturated carbocycles. The van der Waals surface area contributed by atoms with Crippen LogP contribution in [0, 0.1) is 0 Å². The molecule has 0 aromatic carbocycles. The Hall–Kier alpha value is -0.850. The number of amides is 3. The molecule has 1 aliphatic heterocycles. The maximum Gasteiger partial charge on any atom is 0.321 e. The largest absolute Gasteiger partial charge is 0.338 e. The number of nitrogens with zero attached hydrogens (tertiary/aromatic N) is 1. The molecule has 1 rings (SSSR count). The Balaban J connectivity index is 0.00000289. The van der Waals surface area contributed by atoms with Crippen molar-refractivity contribution >= 4 is 24.3 Å². The molecule has 3 amide bonds. The second-order valence-corrected chi connectivity index (χ2v) is 4.31. The van der Waals surface area contributed by atoms with Crippen molar-refractivity contribution in [2.75, 3.05) is 26.2 Å². The van der Waals surface area contributed by atoms with Crippen molar-refractivity contribution in [3.05, 3.63) is 0 Å². The lowest BCUT2D eigenvalue weighted by atomic mass is 10.2. The van der Waals surface area contributed by atoms with Crippen LogP contribution in [-0.4, -0.2) is 49.1 Å². The van der Waals surface area contributed by atoms with Crippen LogP contribution in [0.25, 0.3) is 0 Å². The van der Waals surface area contributed by atoms with Gasteiger partial charge in [-0.25, -0.2) is 4.79 Å². The summed E-state index contributed by atoms with van der Waals surface area (Å²) in [5.74, 6) is -0.265. The highest BCUT2D eigenvalue weighted by atomic mass is 35.5. The standard InChI is InChI=1S/C11H22N4O2.ClH/c1-2-5-13-11(17)14-10(16)8-15-6-3-4-9(15)7-12;/h9H,2-8,12H2,1H3,(H2,13,14,16,17);1H. The van der Waals surface area contributed by atoms with Crippen LogP contribution >= 0.6 is 12.4 Å². The van der Waals surface area contributed by atoms with Crippen molar-refractivity contribution in [3.8, 4) is 0 Å². The third kappa shape index (κ3) is 5.66. The van der Waals surface area contributed by atoms with Gasteiger partial charge in [0.1, 0.15) is 0 Å². The molecule has 0 spiro atoms. The van der Waals surface area contributed by atoms with Crippen molar-refractivity contribution in [3.63, 3.8) is 0 Å². The molecule has 1 unspecified atom stereocenters. The third-order valence-electron chi connectivity index (χ3n) is 2.91. The van der Waals surface area contributed by atoms with Gasteiger partial charge in [-0.15, -0.1) is 12.4 Å². The summed E-state index contributed by atoms with van der Waals surface area (Å²) in [5, 5.41) is 4.91. The van der Waals surface area contributed by atoms with Gasteiger partial charge in [0.2, 0.25) is 5.91 Å². The summed E-state index contributed by atoms with van der Waals surface area (Å²) in [7, 11) is 0. The number of nitrogens with two attached hydrogens (primary N) is 1. The van der Waals surface area contributed by atoms with Crippen molar-refractivity contribution in [1.29, 1.82) is 0 Å². The van der Waals surface area contributed by atoms with Crippen LogP contribution in [0.4, 0.5) is 4.79 Å². The molecule has 0 aliphatic carbocycles. The van der Waals surface area contributed by atoms with E-state index in [1.807, 2.05) is 11.8 Å². The van der Waals surface area contributed by atoms with Gasteiger partial charge < -0.3 is 11.1 Å².